The van der Waals surface area contributed by atoms with Crippen molar-refractivity contribution in [2.75, 3.05) is 18.4 Å². The summed E-state index contributed by atoms with van der Waals surface area (Å²) >= 11 is 0. The molecule has 1 saturated heterocycles. The van der Waals surface area contributed by atoms with Gasteiger partial charge in [-0.05, 0) is 44.4 Å². The number of hydrogen-bond donors (Lipinski definition) is 2. The standard InChI is InChI=1S/C21H28N2O/c1-15-9-10-19(16(2)13-15)22-20-11-12-23(14-21(20)24)17(3)18-7-5-4-6-8-18/h4-10,13,17,20-22,24H,11-12,14H2,1-3H3/t17?,20-,21-/m1/s1. The number of benzene rings is 2. The third-order valence-electron chi connectivity index (χ3n) is 5.17. The van der Waals surface area contributed by atoms with Crippen molar-refractivity contribution >= 4 is 5.69 Å². The highest BCUT2D eigenvalue weighted by molar-refractivity contribution is 5.52. The third kappa shape index (κ3) is 3.80. The number of nitrogens with zero attached hydrogens (tertiary/aromatic N) is 1. The van der Waals surface area contributed by atoms with Crippen molar-refractivity contribution in [1.29, 1.82) is 0 Å². The number of nitrogens with one attached hydrogen (secondary N) is 1. The molecule has 1 unspecified atom stereocenters. The molecule has 3 heteroatoms. The highest BCUT2D eigenvalue weighted by atomic mass is 16.3. The first-order valence-electron chi connectivity index (χ1n) is 8.85. The van der Waals surface area contributed by atoms with Crippen LogP contribution in [0.3, 0.4) is 0 Å². The third-order valence-corrected chi connectivity index (χ3v) is 5.17. The highest BCUT2D eigenvalue weighted by Crippen LogP contribution is 2.26. The van der Waals surface area contributed by atoms with Crippen LogP contribution in [0.4, 0.5) is 5.69 Å². The predicted molar refractivity (Wildman–Crippen MR) is 100 cm³/mol. The fraction of sp³-hybridized carbons (Fsp3) is 0.429. The van der Waals surface area contributed by atoms with Crippen molar-refractivity contribution in [1.82, 2.24) is 4.90 Å². The summed E-state index contributed by atoms with van der Waals surface area (Å²) in [4.78, 5) is 2.38. The maximum Gasteiger partial charge on any atom is 0.0868 e. The molecule has 24 heavy (non-hydrogen) atoms. The smallest absolute Gasteiger partial charge is 0.0868 e. The number of β-amino-alcohol motifs (C(OH)–C–C–N with tert-alkyl or cyclic N) is 1. The molecule has 3 rings (SSSR count). The van der Waals surface area contributed by atoms with Gasteiger partial charge in [-0.3, -0.25) is 4.90 Å². The number of anilines is 1. The van der Waals surface area contributed by atoms with E-state index in [2.05, 4.69) is 73.5 Å². The minimum atomic E-state index is -0.356. The second kappa shape index (κ2) is 7.37. The average Bonchev–Trinajstić information content (AvgIpc) is 2.59. The van der Waals surface area contributed by atoms with Crippen LogP contribution in [-0.2, 0) is 0 Å². The van der Waals surface area contributed by atoms with Gasteiger partial charge in [-0.15, -0.1) is 0 Å². The van der Waals surface area contributed by atoms with Crippen LogP contribution < -0.4 is 5.32 Å². The second-order valence-electron chi connectivity index (χ2n) is 7.01. The van der Waals surface area contributed by atoms with Gasteiger partial charge in [0.05, 0.1) is 12.1 Å². The molecule has 3 nitrogen and oxygen atoms in total. The molecular weight excluding hydrogens is 296 g/mol. The lowest BCUT2D eigenvalue weighted by atomic mass is 9.97. The first-order chi connectivity index (χ1) is 11.5. The first-order valence-corrected chi connectivity index (χ1v) is 8.85. The molecule has 1 fully saturated rings. The summed E-state index contributed by atoms with van der Waals surface area (Å²) in [6.45, 7) is 8.15. The Morgan fingerprint density at radius 3 is 2.54 bits per heavy atom. The average molecular weight is 324 g/mol. The van der Waals surface area contributed by atoms with Gasteiger partial charge in [0.1, 0.15) is 0 Å². The van der Waals surface area contributed by atoms with Crippen LogP contribution in [-0.4, -0.2) is 35.2 Å². The number of rotatable bonds is 4. The number of likely N-dealkylation sites (tertiary alicyclic amines) is 1. The Labute approximate surface area is 145 Å². The summed E-state index contributed by atoms with van der Waals surface area (Å²) in [6.07, 6.45) is 0.594. The van der Waals surface area contributed by atoms with Crippen LogP contribution in [0.2, 0.25) is 0 Å². The minimum absolute atomic E-state index is 0.116. The molecule has 2 aromatic carbocycles. The maximum atomic E-state index is 10.6. The Morgan fingerprint density at radius 2 is 1.88 bits per heavy atom. The Kier molecular flexibility index (Phi) is 5.22. The molecule has 2 aromatic rings. The Morgan fingerprint density at radius 1 is 1.12 bits per heavy atom. The molecule has 1 heterocycles. The molecular formula is C21H28N2O. The lowest BCUT2D eigenvalue weighted by Gasteiger charge is -2.40. The van der Waals surface area contributed by atoms with Crippen molar-refractivity contribution in [3.05, 3.63) is 65.2 Å². The Hall–Kier alpha value is -1.84. The topological polar surface area (TPSA) is 35.5 Å². The van der Waals surface area contributed by atoms with E-state index >= 15 is 0 Å². The molecule has 0 aromatic heterocycles. The lowest BCUT2D eigenvalue weighted by molar-refractivity contribution is 0.0407. The molecule has 0 saturated carbocycles. The van der Waals surface area contributed by atoms with Gasteiger partial charge in [-0.2, -0.15) is 0 Å². The largest absolute Gasteiger partial charge is 0.390 e. The predicted octanol–water partition coefficient (Wildman–Crippen LogP) is 3.91. The van der Waals surface area contributed by atoms with E-state index in [1.54, 1.807) is 0 Å². The van der Waals surface area contributed by atoms with E-state index in [-0.39, 0.29) is 12.1 Å². The van der Waals surface area contributed by atoms with Gasteiger partial charge in [-0.25, -0.2) is 0 Å². The monoisotopic (exact) mass is 324 g/mol. The summed E-state index contributed by atoms with van der Waals surface area (Å²) in [6, 6.07) is 17.4. The summed E-state index contributed by atoms with van der Waals surface area (Å²) in [5.74, 6) is 0. The minimum Gasteiger partial charge on any atom is -0.390 e. The van der Waals surface area contributed by atoms with Crippen LogP contribution >= 0.6 is 0 Å². The zero-order valence-electron chi connectivity index (χ0n) is 14.9. The van der Waals surface area contributed by atoms with E-state index in [1.165, 1.54) is 16.7 Å². The van der Waals surface area contributed by atoms with Gasteiger partial charge in [0.25, 0.3) is 0 Å². The van der Waals surface area contributed by atoms with E-state index in [0.717, 1.165) is 18.7 Å². The van der Waals surface area contributed by atoms with Gasteiger partial charge in [0.2, 0.25) is 0 Å². The van der Waals surface area contributed by atoms with E-state index in [4.69, 9.17) is 0 Å². The van der Waals surface area contributed by atoms with Crippen molar-refractivity contribution in [3.8, 4) is 0 Å². The fourth-order valence-electron chi connectivity index (χ4n) is 3.59. The molecule has 0 bridgehead atoms. The van der Waals surface area contributed by atoms with Gasteiger partial charge in [-0.1, -0.05) is 48.0 Å². The molecule has 0 amide bonds. The first kappa shape index (κ1) is 17.0. The van der Waals surface area contributed by atoms with Crippen LogP contribution in [0.15, 0.2) is 48.5 Å². The molecule has 0 spiro atoms. The maximum absolute atomic E-state index is 10.6. The zero-order valence-corrected chi connectivity index (χ0v) is 14.9. The molecule has 3 atom stereocenters. The van der Waals surface area contributed by atoms with E-state index in [9.17, 15) is 5.11 Å². The summed E-state index contributed by atoms with van der Waals surface area (Å²) in [5, 5.41) is 14.2. The number of hydrogen-bond acceptors (Lipinski definition) is 3. The van der Waals surface area contributed by atoms with E-state index in [0.29, 0.717) is 12.6 Å². The van der Waals surface area contributed by atoms with Crippen molar-refractivity contribution in [2.24, 2.45) is 0 Å². The number of aliphatic hydroxyl groups excluding tert-OH is 1. The molecule has 0 radical (unpaired) electrons. The molecule has 128 valence electrons. The molecule has 1 aliphatic heterocycles. The quantitative estimate of drug-likeness (QED) is 0.895. The normalized spacial score (nSPS) is 23.0. The highest BCUT2D eigenvalue weighted by Gasteiger charge is 2.30. The van der Waals surface area contributed by atoms with Crippen molar-refractivity contribution < 1.29 is 5.11 Å². The number of aryl methyl sites for hydroxylation is 2. The van der Waals surface area contributed by atoms with Crippen molar-refractivity contribution in [2.45, 2.75) is 45.4 Å². The van der Waals surface area contributed by atoms with Crippen molar-refractivity contribution in [3.63, 3.8) is 0 Å². The van der Waals surface area contributed by atoms with Gasteiger partial charge >= 0.3 is 0 Å². The zero-order chi connectivity index (χ0) is 17.1. The number of piperidine rings is 1. The Bertz CT molecular complexity index is 671. The van der Waals surface area contributed by atoms with Crippen LogP contribution in [0.25, 0.3) is 0 Å². The van der Waals surface area contributed by atoms with Gasteiger partial charge in [0.15, 0.2) is 0 Å². The van der Waals surface area contributed by atoms with E-state index in [1.807, 2.05) is 6.07 Å². The fourth-order valence-corrected chi connectivity index (χ4v) is 3.59. The SMILES string of the molecule is Cc1ccc(N[C@@H]2CCN(C(C)c3ccccc3)C[C@H]2O)c(C)c1. The molecule has 2 N–H and O–H groups in total. The van der Waals surface area contributed by atoms with Gasteiger partial charge in [0, 0.05) is 24.8 Å². The molecule has 0 aliphatic carbocycles. The summed E-state index contributed by atoms with van der Waals surface area (Å²) in [7, 11) is 0. The molecule has 1 aliphatic rings. The number of aliphatic hydroxyl groups is 1. The van der Waals surface area contributed by atoms with Crippen LogP contribution in [0, 0.1) is 13.8 Å². The van der Waals surface area contributed by atoms with Gasteiger partial charge < -0.3 is 10.4 Å². The van der Waals surface area contributed by atoms with Crippen LogP contribution in [0.5, 0.6) is 0 Å². The van der Waals surface area contributed by atoms with Crippen LogP contribution in [0.1, 0.15) is 36.1 Å². The van der Waals surface area contributed by atoms with E-state index < -0.39 is 0 Å². The Balaban J connectivity index is 1.63. The second-order valence-corrected chi connectivity index (χ2v) is 7.01. The summed E-state index contributed by atoms with van der Waals surface area (Å²) < 4.78 is 0. The lowest BCUT2D eigenvalue weighted by Crippen LogP contribution is -2.50. The summed E-state index contributed by atoms with van der Waals surface area (Å²) in [5.41, 5.74) is 4.95.